The van der Waals surface area contributed by atoms with Gasteiger partial charge in [-0.05, 0) is 31.6 Å². The van der Waals surface area contributed by atoms with E-state index >= 15 is 0 Å². The second-order valence-corrected chi connectivity index (χ2v) is 4.85. The van der Waals surface area contributed by atoms with E-state index < -0.39 is 0 Å². The molecule has 0 fully saturated rings. The van der Waals surface area contributed by atoms with Gasteiger partial charge in [-0.2, -0.15) is 0 Å². The standard InChI is InChI=1S/C14H18N4O2/c1-10(7-15-2)8-17-13-3-4-14(18(19)20)12-9-16-6-5-11(12)13/h3-6,9-10,15,17H,7-8H2,1-2H3. The normalized spacial score (nSPS) is 12.3. The molecule has 0 aliphatic rings. The van der Waals surface area contributed by atoms with E-state index in [1.807, 2.05) is 7.05 Å². The van der Waals surface area contributed by atoms with E-state index in [-0.39, 0.29) is 10.6 Å². The third kappa shape index (κ3) is 3.03. The van der Waals surface area contributed by atoms with Crippen molar-refractivity contribution in [2.45, 2.75) is 6.92 Å². The van der Waals surface area contributed by atoms with Crippen LogP contribution in [0.5, 0.6) is 0 Å². The Morgan fingerprint density at radius 3 is 2.80 bits per heavy atom. The number of benzene rings is 1. The average Bonchev–Trinajstić information content (AvgIpc) is 2.44. The van der Waals surface area contributed by atoms with Crippen LogP contribution in [0.3, 0.4) is 0 Å². The van der Waals surface area contributed by atoms with Gasteiger partial charge < -0.3 is 10.6 Å². The molecule has 2 N–H and O–H groups in total. The van der Waals surface area contributed by atoms with Gasteiger partial charge in [-0.15, -0.1) is 0 Å². The molecule has 1 atom stereocenters. The minimum atomic E-state index is -0.378. The monoisotopic (exact) mass is 274 g/mol. The summed E-state index contributed by atoms with van der Waals surface area (Å²) in [5, 5.41) is 18.9. The van der Waals surface area contributed by atoms with Crippen LogP contribution in [0.25, 0.3) is 10.8 Å². The van der Waals surface area contributed by atoms with Gasteiger partial charge >= 0.3 is 0 Å². The number of pyridine rings is 1. The first-order chi connectivity index (χ1) is 9.63. The minimum Gasteiger partial charge on any atom is -0.384 e. The molecular formula is C14H18N4O2. The molecule has 1 aromatic carbocycles. The molecule has 0 aliphatic heterocycles. The van der Waals surface area contributed by atoms with Crippen LogP contribution in [-0.2, 0) is 0 Å². The van der Waals surface area contributed by atoms with Crippen LogP contribution < -0.4 is 10.6 Å². The molecule has 0 saturated heterocycles. The molecule has 1 aromatic heterocycles. The SMILES string of the molecule is CNCC(C)CNc1ccc([N+](=O)[O-])c2cnccc12. The first-order valence-electron chi connectivity index (χ1n) is 6.53. The van der Waals surface area contributed by atoms with E-state index in [1.165, 1.54) is 12.3 Å². The van der Waals surface area contributed by atoms with Gasteiger partial charge in [-0.1, -0.05) is 6.92 Å². The molecule has 0 radical (unpaired) electrons. The van der Waals surface area contributed by atoms with Crippen molar-refractivity contribution in [3.63, 3.8) is 0 Å². The van der Waals surface area contributed by atoms with Crippen molar-refractivity contribution < 1.29 is 4.92 Å². The number of aromatic nitrogens is 1. The first kappa shape index (κ1) is 14.2. The molecule has 0 aliphatic carbocycles. The van der Waals surface area contributed by atoms with Gasteiger partial charge in [0.2, 0.25) is 0 Å². The van der Waals surface area contributed by atoms with Crippen LogP contribution in [0.1, 0.15) is 6.92 Å². The average molecular weight is 274 g/mol. The number of fused-ring (bicyclic) bond motifs is 1. The van der Waals surface area contributed by atoms with Crippen molar-refractivity contribution in [3.8, 4) is 0 Å². The van der Waals surface area contributed by atoms with Crippen LogP contribution in [0.4, 0.5) is 11.4 Å². The van der Waals surface area contributed by atoms with Crippen molar-refractivity contribution in [3.05, 3.63) is 40.7 Å². The zero-order valence-electron chi connectivity index (χ0n) is 11.6. The lowest BCUT2D eigenvalue weighted by atomic mass is 10.1. The number of anilines is 1. The molecule has 6 nitrogen and oxygen atoms in total. The highest BCUT2D eigenvalue weighted by atomic mass is 16.6. The number of nitrogens with zero attached hydrogens (tertiary/aromatic N) is 2. The highest BCUT2D eigenvalue weighted by Crippen LogP contribution is 2.30. The number of nitro groups is 1. The minimum absolute atomic E-state index is 0.0851. The molecule has 2 rings (SSSR count). The van der Waals surface area contributed by atoms with Crippen molar-refractivity contribution >= 4 is 22.1 Å². The molecule has 1 heterocycles. The maximum atomic E-state index is 11.0. The fourth-order valence-corrected chi connectivity index (χ4v) is 2.19. The van der Waals surface area contributed by atoms with E-state index in [9.17, 15) is 10.1 Å². The van der Waals surface area contributed by atoms with Gasteiger partial charge in [0, 0.05) is 36.1 Å². The molecule has 0 amide bonds. The van der Waals surface area contributed by atoms with Gasteiger partial charge in [0.25, 0.3) is 5.69 Å². The van der Waals surface area contributed by atoms with Crippen LogP contribution in [0.15, 0.2) is 30.6 Å². The van der Waals surface area contributed by atoms with Crippen LogP contribution in [0, 0.1) is 16.0 Å². The summed E-state index contributed by atoms with van der Waals surface area (Å²) in [6, 6.07) is 5.08. The van der Waals surface area contributed by atoms with E-state index in [0.29, 0.717) is 11.3 Å². The summed E-state index contributed by atoms with van der Waals surface area (Å²) in [5.74, 6) is 0.465. The maximum Gasteiger partial charge on any atom is 0.278 e. The van der Waals surface area contributed by atoms with Gasteiger partial charge in [0.15, 0.2) is 0 Å². The Labute approximate surface area is 117 Å². The number of hydrogen-bond donors (Lipinski definition) is 2. The zero-order chi connectivity index (χ0) is 14.5. The van der Waals surface area contributed by atoms with Gasteiger partial charge in [0.05, 0.1) is 10.3 Å². The third-order valence-electron chi connectivity index (χ3n) is 3.19. The maximum absolute atomic E-state index is 11.0. The van der Waals surface area contributed by atoms with Gasteiger partial charge in [0.1, 0.15) is 0 Å². The number of nitro benzene ring substituents is 1. The van der Waals surface area contributed by atoms with Crippen molar-refractivity contribution in [2.75, 3.05) is 25.5 Å². The van der Waals surface area contributed by atoms with Crippen LogP contribution in [-0.4, -0.2) is 30.0 Å². The molecule has 1 unspecified atom stereocenters. The molecule has 2 aromatic rings. The van der Waals surface area contributed by atoms with Crippen LogP contribution in [0.2, 0.25) is 0 Å². The number of hydrogen-bond acceptors (Lipinski definition) is 5. The number of non-ortho nitro benzene ring substituents is 1. The van der Waals surface area contributed by atoms with Crippen molar-refractivity contribution in [2.24, 2.45) is 5.92 Å². The number of rotatable bonds is 6. The summed E-state index contributed by atoms with van der Waals surface area (Å²) in [5.41, 5.74) is 0.984. The Balaban J connectivity index is 2.31. The Hall–Kier alpha value is -2.21. The molecule has 0 bridgehead atoms. The van der Waals surface area contributed by atoms with E-state index in [1.54, 1.807) is 18.3 Å². The topological polar surface area (TPSA) is 80.1 Å². The zero-order valence-corrected chi connectivity index (χ0v) is 11.6. The summed E-state index contributed by atoms with van der Waals surface area (Å²) in [6.07, 6.45) is 3.18. The molecule has 20 heavy (non-hydrogen) atoms. The molecular weight excluding hydrogens is 256 g/mol. The Bertz CT molecular complexity index is 615. The second-order valence-electron chi connectivity index (χ2n) is 4.85. The van der Waals surface area contributed by atoms with E-state index in [4.69, 9.17) is 0 Å². The lowest BCUT2D eigenvalue weighted by Gasteiger charge is -2.14. The smallest absolute Gasteiger partial charge is 0.278 e. The fourth-order valence-electron chi connectivity index (χ4n) is 2.19. The summed E-state index contributed by atoms with van der Waals surface area (Å²) in [4.78, 5) is 14.6. The molecule has 0 saturated carbocycles. The lowest BCUT2D eigenvalue weighted by Crippen LogP contribution is -2.22. The number of nitrogens with one attached hydrogen (secondary N) is 2. The molecule has 6 heteroatoms. The van der Waals surface area contributed by atoms with Crippen molar-refractivity contribution in [1.82, 2.24) is 10.3 Å². The largest absolute Gasteiger partial charge is 0.384 e. The Kier molecular flexibility index (Phi) is 4.47. The van der Waals surface area contributed by atoms with Crippen molar-refractivity contribution in [1.29, 1.82) is 0 Å². The Morgan fingerprint density at radius 1 is 1.30 bits per heavy atom. The summed E-state index contributed by atoms with van der Waals surface area (Å²) in [7, 11) is 1.92. The second kappa shape index (κ2) is 6.29. The summed E-state index contributed by atoms with van der Waals surface area (Å²) in [6.45, 7) is 3.86. The van der Waals surface area contributed by atoms with Gasteiger partial charge in [-0.25, -0.2) is 0 Å². The summed E-state index contributed by atoms with van der Waals surface area (Å²) >= 11 is 0. The van der Waals surface area contributed by atoms with Crippen LogP contribution >= 0.6 is 0 Å². The molecule has 106 valence electrons. The summed E-state index contributed by atoms with van der Waals surface area (Å²) < 4.78 is 0. The highest BCUT2D eigenvalue weighted by molar-refractivity contribution is 5.99. The predicted molar refractivity (Wildman–Crippen MR) is 80.0 cm³/mol. The van der Waals surface area contributed by atoms with E-state index in [2.05, 4.69) is 22.5 Å². The lowest BCUT2D eigenvalue weighted by molar-refractivity contribution is -0.383. The predicted octanol–water partition coefficient (Wildman–Crippen LogP) is 2.41. The first-order valence-corrected chi connectivity index (χ1v) is 6.53. The Morgan fingerprint density at radius 2 is 2.10 bits per heavy atom. The fraction of sp³-hybridized carbons (Fsp3) is 0.357. The van der Waals surface area contributed by atoms with Gasteiger partial charge in [-0.3, -0.25) is 15.1 Å². The molecule has 0 spiro atoms. The third-order valence-corrected chi connectivity index (χ3v) is 3.19. The quantitative estimate of drug-likeness (QED) is 0.624. The van der Waals surface area contributed by atoms with E-state index in [0.717, 1.165) is 24.2 Å². The highest BCUT2D eigenvalue weighted by Gasteiger charge is 2.14.